The standard InChI is InChI=1S/C18H24N4O3S/c1-12-9-22(10-13(2)25-12)16(23)11-26-18-20-19-17(21(18)3)14-7-5-6-8-15(14)24-4/h5-8,12-13H,9-11H2,1-4H3/t12-,13-/m1/s1. The largest absolute Gasteiger partial charge is 0.496 e. The molecule has 1 aliphatic rings. The first kappa shape index (κ1) is 18.7. The molecule has 26 heavy (non-hydrogen) atoms. The van der Waals surface area contributed by atoms with Crippen molar-refractivity contribution in [3.63, 3.8) is 0 Å². The minimum atomic E-state index is 0.0691. The maximum Gasteiger partial charge on any atom is 0.233 e. The third kappa shape index (κ3) is 4.02. The molecule has 1 aromatic heterocycles. The van der Waals surface area contributed by atoms with E-state index in [2.05, 4.69) is 10.2 Å². The van der Waals surface area contributed by atoms with Crippen molar-refractivity contribution in [2.24, 2.45) is 7.05 Å². The van der Waals surface area contributed by atoms with E-state index in [-0.39, 0.29) is 18.1 Å². The highest BCUT2D eigenvalue weighted by molar-refractivity contribution is 7.99. The number of hydrogen-bond acceptors (Lipinski definition) is 6. The third-order valence-electron chi connectivity index (χ3n) is 4.28. The van der Waals surface area contributed by atoms with E-state index < -0.39 is 0 Å². The van der Waals surface area contributed by atoms with Crippen molar-refractivity contribution in [1.29, 1.82) is 0 Å². The van der Waals surface area contributed by atoms with Gasteiger partial charge < -0.3 is 18.9 Å². The second kappa shape index (κ2) is 8.09. The summed E-state index contributed by atoms with van der Waals surface area (Å²) in [6.07, 6.45) is 0.138. The van der Waals surface area contributed by atoms with Crippen LogP contribution >= 0.6 is 11.8 Å². The van der Waals surface area contributed by atoms with Crippen molar-refractivity contribution in [2.75, 3.05) is 26.0 Å². The highest BCUT2D eigenvalue weighted by atomic mass is 32.2. The maximum absolute atomic E-state index is 12.5. The summed E-state index contributed by atoms with van der Waals surface area (Å²) in [6.45, 7) is 5.25. The molecule has 3 rings (SSSR count). The molecule has 2 atom stereocenters. The van der Waals surface area contributed by atoms with Crippen LogP contribution in [0.5, 0.6) is 5.75 Å². The predicted molar refractivity (Wildman–Crippen MR) is 100 cm³/mol. The summed E-state index contributed by atoms with van der Waals surface area (Å²) in [5.74, 6) is 1.88. The average molecular weight is 376 g/mol. The van der Waals surface area contributed by atoms with Crippen LogP contribution in [0.2, 0.25) is 0 Å². The molecular formula is C18H24N4O3S. The van der Waals surface area contributed by atoms with E-state index in [0.29, 0.717) is 29.8 Å². The molecule has 1 aliphatic heterocycles. The normalized spacial score (nSPS) is 20.2. The topological polar surface area (TPSA) is 69.5 Å². The van der Waals surface area contributed by atoms with E-state index in [1.165, 1.54) is 11.8 Å². The van der Waals surface area contributed by atoms with Crippen LogP contribution in [-0.2, 0) is 16.6 Å². The number of thioether (sulfide) groups is 1. The van der Waals surface area contributed by atoms with Gasteiger partial charge in [0.05, 0.1) is 30.6 Å². The molecule has 0 radical (unpaired) electrons. The Morgan fingerprint density at radius 1 is 1.27 bits per heavy atom. The van der Waals surface area contributed by atoms with Gasteiger partial charge in [0.15, 0.2) is 11.0 Å². The Kier molecular flexibility index (Phi) is 5.83. The second-order valence-electron chi connectivity index (χ2n) is 6.41. The van der Waals surface area contributed by atoms with Gasteiger partial charge in [0.2, 0.25) is 5.91 Å². The van der Waals surface area contributed by atoms with Gasteiger partial charge in [-0.1, -0.05) is 23.9 Å². The van der Waals surface area contributed by atoms with Crippen molar-refractivity contribution >= 4 is 17.7 Å². The molecular weight excluding hydrogens is 352 g/mol. The van der Waals surface area contributed by atoms with Crippen LogP contribution in [0, 0.1) is 0 Å². The van der Waals surface area contributed by atoms with Gasteiger partial charge >= 0.3 is 0 Å². The molecule has 8 heteroatoms. The Morgan fingerprint density at radius 2 is 1.96 bits per heavy atom. The van der Waals surface area contributed by atoms with Crippen molar-refractivity contribution in [3.8, 4) is 17.1 Å². The number of methoxy groups -OCH3 is 1. The zero-order valence-electron chi connectivity index (χ0n) is 15.5. The smallest absolute Gasteiger partial charge is 0.233 e. The number of rotatable bonds is 5. The fraction of sp³-hybridized carbons (Fsp3) is 0.500. The number of carbonyl (C=O) groups is 1. The Hall–Kier alpha value is -2.06. The molecule has 140 valence electrons. The molecule has 2 aromatic rings. The summed E-state index contributed by atoms with van der Waals surface area (Å²) in [5.41, 5.74) is 0.874. The van der Waals surface area contributed by atoms with Gasteiger partial charge in [-0.3, -0.25) is 4.79 Å². The minimum absolute atomic E-state index is 0.0691. The zero-order valence-corrected chi connectivity index (χ0v) is 16.3. The fourth-order valence-corrected chi connectivity index (χ4v) is 3.92. The number of carbonyl (C=O) groups excluding carboxylic acids is 1. The lowest BCUT2D eigenvalue weighted by Crippen LogP contribution is -2.48. The highest BCUT2D eigenvalue weighted by Crippen LogP contribution is 2.30. The number of morpholine rings is 1. The number of benzene rings is 1. The lowest BCUT2D eigenvalue weighted by Gasteiger charge is -2.35. The molecule has 0 bridgehead atoms. The number of aromatic nitrogens is 3. The number of para-hydroxylation sites is 1. The highest BCUT2D eigenvalue weighted by Gasteiger charge is 2.26. The molecule has 0 spiro atoms. The summed E-state index contributed by atoms with van der Waals surface area (Å²) in [7, 11) is 3.53. The summed E-state index contributed by atoms with van der Waals surface area (Å²) in [4.78, 5) is 14.4. The Bertz CT molecular complexity index is 770. The van der Waals surface area contributed by atoms with E-state index in [0.717, 1.165) is 11.3 Å². The Morgan fingerprint density at radius 3 is 2.65 bits per heavy atom. The van der Waals surface area contributed by atoms with E-state index in [1.807, 2.05) is 54.6 Å². The van der Waals surface area contributed by atoms with E-state index in [4.69, 9.17) is 9.47 Å². The summed E-state index contributed by atoms with van der Waals surface area (Å²) in [6, 6.07) is 7.68. The van der Waals surface area contributed by atoms with Crippen LogP contribution in [0.3, 0.4) is 0 Å². The number of nitrogens with zero attached hydrogens (tertiary/aromatic N) is 4. The number of hydrogen-bond donors (Lipinski definition) is 0. The van der Waals surface area contributed by atoms with E-state index >= 15 is 0 Å². The van der Waals surface area contributed by atoms with Gasteiger partial charge in [-0.05, 0) is 26.0 Å². The minimum Gasteiger partial charge on any atom is -0.496 e. The number of amides is 1. The van der Waals surface area contributed by atoms with Crippen LogP contribution in [0.1, 0.15) is 13.8 Å². The molecule has 2 heterocycles. The summed E-state index contributed by atoms with van der Waals surface area (Å²) < 4.78 is 13.0. The monoisotopic (exact) mass is 376 g/mol. The van der Waals surface area contributed by atoms with Crippen LogP contribution in [0.15, 0.2) is 29.4 Å². The van der Waals surface area contributed by atoms with E-state index in [9.17, 15) is 4.79 Å². The Balaban J connectivity index is 1.68. The van der Waals surface area contributed by atoms with Crippen molar-refractivity contribution in [1.82, 2.24) is 19.7 Å². The number of ether oxygens (including phenoxy) is 2. The molecule has 1 aromatic carbocycles. The second-order valence-corrected chi connectivity index (χ2v) is 7.35. The van der Waals surface area contributed by atoms with Crippen LogP contribution in [-0.4, -0.2) is 63.7 Å². The van der Waals surface area contributed by atoms with Crippen molar-refractivity contribution < 1.29 is 14.3 Å². The quantitative estimate of drug-likeness (QED) is 0.746. The Labute approximate surface area is 157 Å². The van der Waals surface area contributed by atoms with Gasteiger partial charge in [0.25, 0.3) is 0 Å². The van der Waals surface area contributed by atoms with Crippen LogP contribution < -0.4 is 4.74 Å². The van der Waals surface area contributed by atoms with Gasteiger partial charge in [-0.25, -0.2) is 0 Å². The molecule has 0 saturated carbocycles. The summed E-state index contributed by atoms with van der Waals surface area (Å²) in [5, 5.41) is 9.22. The first-order chi connectivity index (χ1) is 12.5. The summed E-state index contributed by atoms with van der Waals surface area (Å²) >= 11 is 1.40. The third-order valence-corrected chi connectivity index (χ3v) is 5.28. The molecule has 0 N–H and O–H groups in total. The van der Waals surface area contributed by atoms with Gasteiger partial charge in [-0.15, -0.1) is 10.2 Å². The first-order valence-corrected chi connectivity index (χ1v) is 9.57. The molecule has 1 fully saturated rings. The molecule has 7 nitrogen and oxygen atoms in total. The predicted octanol–water partition coefficient (Wildman–Crippen LogP) is 2.22. The molecule has 1 saturated heterocycles. The van der Waals surface area contributed by atoms with E-state index in [1.54, 1.807) is 7.11 Å². The van der Waals surface area contributed by atoms with Crippen LogP contribution in [0.4, 0.5) is 0 Å². The van der Waals surface area contributed by atoms with Crippen molar-refractivity contribution in [3.05, 3.63) is 24.3 Å². The molecule has 0 aliphatic carbocycles. The lowest BCUT2D eigenvalue weighted by molar-refractivity contribution is -0.140. The van der Waals surface area contributed by atoms with Crippen LogP contribution in [0.25, 0.3) is 11.4 Å². The SMILES string of the molecule is COc1ccccc1-c1nnc(SCC(=O)N2C[C@@H](C)O[C@H](C)C2)n1C. The van der Waals surface area contributed by atoms with Gasteiger partial charge in [0.1, 0.15) is 5.75 Å². The first-order valence-electron chi connectivity index (χ1n) is 8.58. The molecule has 0 unspecified atom stereocenters. The maximum atomic E-state index is 12.5. The van der Waals surface area contributed by atoms with Crippen molar-refractivity contribution in [2.45, 2.75) is 31.2 Å². The fourth-order valence-electron chi connectivity index (χ4n) is 3.10. The average Bonchev–Trinajstić information content (AvgIpc) is 2.99. The van der Waals surface area contributed by atoms with Gasteiger partial charge in [-0.2, -0.15) is 0 Å². The molecule has 1 amide bonds. The zero-order chi connectivity index (χ0) is 18.7. The lowest BCUT2D eigenvalue weighted by atomic mass is 10.2. The van der Waals surface area contributed by atoms with Gasteiger partial charge in [0, 0.05) is 20.1 Å².